The number of guanidine groups is 1. The van der Waals surface area contributed by atoms with Crippen molar-refractivity contribution in [3.8, 4) is 0 Å². The highest BCUT2D eigenvalue weighted by Gasteiger charge is 2.59. The second-order valence-electron chi connectivity index (χ2n) is 6.18. The summed E-state index contributed by atoms with van der Waals surface area (Å²) < 4.78 is 5.85. The maximum Gasteiger partial charge on any atom is 0.241 e. The molecule has 6 heteroatoms. The molecule has 0 aromatic heterocycles. The average Bonchev–Trinajstić information content (AvgIpc) is 2.38. The number of nitrogens with zero attached hydrogens (tertiary/aromatic N) is 2. The van der Waals surface area contributed by atoms with Crippen molar-refractivity contribution in [2.45, 2.75) is 44.8 Å². The third kappa shape index (κ3) is 3.15. The fraction of sp³-hybridized carbons (Fsp3) is 0.867. The summed E-state index contributed by atoms with van der Waals surface area (Å²) in [6.07, 6.45) is 5.14. The molecule has 2 fully saturated rings. The zero-order chi connectivity index (χ0) is 15.5. The van der Waals surface area contributed by atoms with Gasteiger partial charge in [0.15, 0.2) is 5.96 Å². The van der Waals surface area contributed by atoms with E-state index in [0.29, 0.717) is 23.5 Å². The van der Waals surface area contributed by atoms with E-state index in [0.717, 1.165) is 13.0 Å². The van der Waals surface area contributed by atoms with Crippen LogP contribution in [0.1, 0.15) is 32.6 Å². The molecule has 2 rings (SSSR count). The van der Waals surface area contributed by atoms with Gasteiger partial charge in [-0.15, -0.1) is 0 Å². The summed E-state index contributed by atoms with van der Waals surface area (Å²) in [5.74, 6) is 0.744. The van der Waals surface area contributed by atoms with Crippen molar-refractivity contribution < 1.29 is 9.53 Å². The van der Waals surface area contributed by atoms with Gasteiger partial charge in [0.1, 0.15) is 0 Å². The second-order valence-corrected chi connectivity index (χ2v) is 6.18. The molecule has 0 bridgehead atoms. The standard InChI is InChI=1S/C15H28N4O2/c1-5-21-12-9-11(15(12)7-6-8-15)18-14(16-2)17-10-13(20)19(3)4/h11-12H,5-10H2,1-4H3,(H2,16,17,18). The lowest BCUT2D eigenvalue weighted by Crippen LogP contribution is -2.68. The third-order valence-electron chi connectivity index (χ3n) is 4.88. The molecule has 0 aromatic carbocycles. The Kier molecular flexibility index (Phi) is 5.08. The molecular weight excluding hydrogens is 268 g/mol. The van der Waals surface area contributed by atoms with Gasteiger partial charge in [-0.05, 0) is 26.2 Å². The number of hydrogen-bond acceptors (Lipinski definition) is 3. The van der Waals surface area contributed by atoms with E-state index in [1.165, 1.54) is 19.3 Å². The normalized spacial score (nSPS) is 26.8. The molecule has 2 aliphatic rings. The molecule has 2 saturated carbocycles. The number of carbonyl (C=O) groups excluding carboxylic acids is 1. The van der Waals surface area contributed by atoms with Crippen LogP contribution in [0.3, 0.4) is 0 Å². The molecule has 0 heterocycles. The van der Waals surface area contributed by atoms with Gasteiger partial charge < -0.3 is 20.3 Å². The number of likely N-dealkylation sites (N-methyl/N-ethyl adjacent to an activating group) is 1. The first kappa shape index (κ1) is 16.1. The summed E-state index contributed by atoms with van der Waals surface area (Å²) in [7, 11) is 5.24. The number of nitrogens with one attached hydrogen (secondary N) is 2. The molecule has 120 valence electrons. The van der Waals surface area contributed by atoms with E-state index in [9.17, 15) is 4.79 Å². The van der Waals surface area contributed by atoms with Gasteiger partial charge in [-0.1, -0.05) is 6.42 Å². The number of carbonyl (C=O) groups is 1. The summed E-state index contributed by atoms with van der Waals surface area (Å²) in [5, 5.41) is 6.56. The molecule has 2 aliphatic carbocycles. The summed E-state index contributed by atoms with van der Waals surface area (Å²) in [5.41, 5.74) is 0.291. The number of ether oxygens (including phenoxy) is 1. The Morgan fingerprint density at radius 1 is 1.43 bits per heavy atom. The number of rotatable bonds is 5. The Labute approximate surface area is 127 Å². The van der Waals surface area contributed by atoms with Crippen molar-refractivity contribution in [3.05, 3.63) is 0 Å². The van der Waals surface area contributed by atoms with Crippen LogP contribution in [0.25, 0.3) is 0 Å². The highest BCUT2D eigenvalue weighted by Crippen LogP contribution is 2.57. The minimum atomic E-state index is 0.0390. The zero-order valence-electron chi connectivity index (χ0n) is 13.6. The first-order valence-electron chi connectivity index (χ1n) is 7.82. The minimum absolute atomic E-state index is 0.0390. The third-order valence-corrected chi connectivity index (χ3v) is 4.88. The molecule has 2 atom stereocenters. The van der Waals surface area contributed by atoms with Crippen LogP contribution < -0.4 is 10.6 Å². The average molecular weight is 296 g/mol. The molecule has 0 radical (unpaired) electrons. The van der Waals surface area contributed by atoms with E-state index in [4.69, 9.17) is 4.74 Å². The predicted octanol–water partition coefficient (Wildman–Crippen LogP) is 0.587. The summed E-state index contributed by atoms with van der Waals surface area (Å²) in [6.45, 7) is 3.10. The van der Waals surface area contributed by atoms with Gasteiger partial charge in [-0.2, -0.15) is 0 Å². The van der Waals surface area contributed by atoms with Crippen LogP contribution in [-0.4, -0.2) is 63.2 Å². The zero-order valence-corrected chi connectivity index (χ0v) is 13.6. The number of amides is 1. The lowest BCUT2D eigenvalue weighted by Gasteiger charge is -2.61. The van der Waals surface area contributed by atoms with E-state index in [1.807, 2.05) is 0 Å². The van der Waals surface area contributed by atoms with Gasteiger partial charge in [0.25, 0.3) is 0 Å². The first-order valence-corrected chi connectivity index (χ1v) is 7.82. The molecule has 2 N–H and O–H groups in total. The van der Waals surface area contributed by atoms with Crippen LogP contribution in [0, 0.1) is 5.41 Å². The lowest BCUT2D eigenvalue weighted by molar-refractivity contribution is -0.168. The Morgan fingerprint density at radius 3 is 2.62 bits per heavy atom. The quantitative estimate of drug-likeness (QED) is 0.575. The molecule has 0 saturated heterocycles. The van der Waals surface area contributed by atoms with Crippen molar-refractivity contribution in [3.63, 3.8) is 0 Å². The molecule has 6 nitrogen and oxygen atoms in total. The lowest BCUT2D eigenvalue weighted by atomic mass is 9.51. The fourth-order valence-electron chi connectivity index (χ4n) is 3.32. The first-order chi connectivity index (χ1) is 10.0. The van der Waals surface area contributed by atoms with E-state index in [-0.39, 0.29) is 12.5 Å². The molecule has 0 aliphatic heterocycles. The van der Waals surface area contributed by atoms with Crippen LogP contribution in [0.5, 0.6) is 0 Å². The predicted molar refractivity (Wildman–Crippen MR) is 83.3 cm³/mol. The summed E-state index contributed by atoms with van der Waals surface area (Å²) >= 11 is 0. The van der Waals surface area contributed by atoms with Crippen molar-refractivity contribution >= 4 is 11.9 Å². The van der Waals surface area contributed by atoms with Crippen LogP contribution in [0.4, 0.5) is 0 Å². The monoisotopic (exact) mass is 296 g/mol. The molecule has 0 aromatic rings. The van der Waals surface area contributed by atoms with Crippen molar-refractivity contribution in [1.29, 1.82) is 0 Å². The van der Waals surface area contributed by atoms with Gasteiger partial charge >= 0.3 is 0 Å². The van der Waals surface area contributed by atoms with Gasteiger partial charge in [0.05, 0.1) is 12.6 Å². The Morgan fingerprint density at radius 2 is 2.14 bits per heavy atom. The van der Waals surface area contributed by atoms with Crippen molar-refractivity contribution in [1.82, 2.24) is 15.5 Å². The number of aliphatic imine (C=N–C) groups is 1. The van der Waals surface area contributed by atoms with Crippen LogP contribution in [0.2, 0.25) is 0 Å². The van der Waals surface area contributed by atoms with Gasteiger partial charge in [-0.3, -0.25) is 9.79 Å². The molecule has 2 unspecified atom stereocenters. The fourth-order valence-corrected chi connectivity index (χ4v) is 3.32. The van der Waals surface area contributed by atoms with Crippen LogP contribution in [-0.2, 0) is 9.53 Å². The van der Waals surface area contributed by atoms with E-state index < -0.39 is 0 Å². The van der Waals surface area contributed by atoms with E-state index in [2.05, 4.69) is 22.5 Å². The molecule has 1 amide bonds. The van der Waals surface area contributed by atoms with Crippen LogP contribution in [0.15, 0.2) is 4.99 Å². The van der Waals surface area contributed by atoms with E-state index >= 15 is 0 Å². The van der Waals surface area contributed by atoms with Gasteiger partial charge in [-0.25, -0.2) is 0 Å². The summed E-state index contributed by atoms with van der Waals surface area (Å²) in [6, 6.07) is 0.406. The summed E-state index contributed by atoms with van der Waals surface area (Å²) in [4.78, 5) is 17.4. The Balaban J connectivity index is 1.84. The maximum atomic E-state index is 11.6. The smallest absolute Gasteiger partial charge is 0.241 e. The van der Waals surface area contributed by atoms with Crippen molar-refractivity contribution in [2.75, 3.05) is 34.3 Å². The van der Waals surface area contributed by atoms with Gasteiger partial charge in [0, 0.05) is 39.2 Å². The molecule has 21 heavy (non-hydrogen) atoms. The molecular formula is C15H28N4O2. The highest BCUT2D eigenvalue weighted by atomic mass is 16.5. The van der Waals surface area contributed by atoms with Crippen LogP contribution >= 0.6 is 0 Å². The SMILES string of the molecule is CCOC1CC(NC(=NC)NCC(=O)N(C)C)C12CCC2. The second kappa shape index (κ2) is 6.64. The molecule has 1 spiro atoms. The largest absolute Gasteiger partial charge is 0.378 e. The minimum Gasteiger partial charge on any atom is -0.378 e. The highest BCUT2D eigenvalue weighted by molar-refractivity contribution is 5.86. The van der Waals surface area contributed by atoms with Gasteiger partial charge in [0.2, 0.25) is 5.91 Å². The maximum absolute atomic E-state index is 11.6. The Hall–Kier alpha value is -1.30. The van der Waals surface area contributed by atoms with Crippen molar-refractivity contribution in [2.24, 2.45) is 10.4 Å². The Bertz CT molecular complexity index is 404. The van der Waals surface area contributed by atoms with E-state index in [1.54, 1.807) is 26.0 Å². The number of hydrogen-bond donors (Lipinski definition) is 2. The topological polar surface area (TPSA) is 66.0 Å².